The quantitative estimate of drug-likeness (QED) is 0.421. The molecule has 0 aliphatic carbocycles. The predicted molar refractivity (Wildman–Crippen MR) is 50.4 cm³/mol. The van der Waals surface area contributed by atoms with Gasteiger partial charge >= 0.3 is 6.05 Å². The average Bonchev–Trinajstić information content (AvgIpc) is 2.05. The van der Waals surface area contributed by atoms with Crippen LogP contribution in [0.2, 0.25) is 5.02 Å². The highest BCUT2D eigenvalue weighted by Gasteiger charge is 2.29. The third-order valence-electron chi connectivity index (χ3n) is 1.38. The Balaban J connectivity index is 3.07. The first kappa shape index (κ1) is 10.3. The summed E-state index contributed by atoms with van der Waals surface area (Å²) in [6.45, 7) is 0. The average molecular weight is 220 g/mol. The zero-order chi connectivity index (χ0) is 9.90. The number of hydrogen-bond donors (Lipinski definition) is 0. The van der Waals surface area contributed by atoms with Crippen LogP contribution in [-0.4, -0.2) is 5.16 Å². The summed E-state index contributed by atoms with van der Waals surface area (Å²) in [7, 11) is 0. The van der Waals surface area contributed by atoms with Crippen LogP contribution in [0.3, 0.4) is 0 Å². The molecule has 1 aromatic rings. The number of aliphatic imine (C=N–C) groups is 1. The van der Waals surface area contributed by atoms with Crippen LogP contribution in [0.25, 0.3) is 0 Å². The molecule has 0 aliphatic rings. The molecule has 1 aromatic carbocycles. The monoisotopic (exact) mass is 219 g/mol. The molecule has 13 heavy (non-hydrogen) atoms. The fourth-order valence-electron chi connectivity index (χ4n) is 0.772. The second kappa shape index (κ2) is 3.92. The molecule has 0 fully saturated rings. The minimum Gasteiger partial charge on any atom is -0.175 e. The first-order valence-electron chi connectivity index (χ1n) is 3.29. The summed E-state index contributed by atoms with van der Waals surface area (Å²) in [6, 6.07) is 1.80. The standard InChI is InChI=1S/C8H4ClF2NS/c9-7-3-1-6(2-4-7)8(10,11)12-5-13/h1-4H. The molecule has 0 unspecified atom stereocenters. The highest BCUT2D eigenvalue weighted by molar-refractivity contribution is 7.78. The number of thiocarbonyl (C=S) groups is 1. The number of rotatable bonds is 2. The molecule has 0 spiro atoms. The number of alkyl halides is 2. The Labute approximate surface area is 84.0 Å². The minimum absolute atomic E-state index is 0.255. The molecule has 0 heterocycles. The van der Waals surface area contributed by atoms with Crippen LogP contribution in [-0.2, 0) is 6.05 Å². The second-order valence-electron chi connectivity index (χ2n) is 2.25. The van der Waals surface area contributed by atoms with Crippen LogP contribution in [0.15, 0.2) is 29.3 Å². The molecule has 0 aliphatic heterocycles. The molecule has 0 bridgehead atoms. The number of halogens is 3. The lowest BCUT2D eigenvalue weighted by molar-refractivity contribution is 0.00712. The van der Waals surface area contributed by atoms with Crippen LogP contribution in [0.5, 0.6) is 0 Å². The summed E-state index contributed by atoms with van der Waals surface area (Å²) >= 11 is 9.63. The van der Waals surface area contributed by atoms with Gasteiger partial charge in [-0.3, -0.25) is 0 Å². The molecular formula is C8H4ClF2NS. The largest absolute Gasteiger partial charge is 0.377 e. The molecule has 0 saturated heterocycles. The first-order chi connectivity index (χ1) is 6.06. The molecule has 68 valence electrons. The van der Waals surface area contributed by atoms with Gasteiger partial charge in [0.05, 0.1) is 5.16 Å². The predicted octanol–water partition coefficient (Wildman–Crippen LogP) is 3.49. The molecule has 0 radical (unpaired) electrons. The Kier molecular flexibility index (Phi) is 3.09. The topological polar surface area (TPSA) is 12.4 Å². The van der Waals surface area contributed by atoms with Gasteiger partial charge in [0, 0.05) is 10.6 Å². The maximum atomic E-state index is 12.9. The number of nitrogens with zero attached hydrogens (tertiary/aromatic N) is 1. The molecule has 1 rings (SSSR count). The lowest BCUT2D eigenvalue weighted by Crippen LogP contribution is -2.08. The van der Waals surface area contributed by atoms with E-state index in [0.717, 1.165) is 0 Å². The first-order valence-corrected chi connectivity index (χ1v) is 4.08. The highest BCUT2D eigenvalue weighted by Crippen LogP contribution is 2.29. The summed E-state index contributed by atoms with van der Waals surface area (Å²) in [5.41, 5.74) is -0.255. The fourth-order valence-corrected chi connectivity index (χ4v) is 1.01. The third-order valence-corrected chi connectivity index (χ3v) is 1.72. The minimum atomic E-state index is -3.31. The summed E-state index contributed by atoms with van der Waals surface area (Å²) in [5.74, 6) is 0. The van der Waals surface area contributed by atoms with Crippen LogP contribution in [0.4, 0.5) is 8.78 Å². The molecule has 5 heteroatoms. The molecule has 0 atom stereocenters. The van der Waals surface area contributed by atoms with Crippen molar-refractivity contribution >= 4 is 29.0 Å². The van der Waals surface area contributed by atoms with E-state index in [-0.39, 0.29) is 5.56 Å². The molecule has 0 saturated carbocycles. The molecule has 0 N–H and O–H groups in total. The zero-order valence-electron chi connectivity index (χ0n) is 6.30. The lowest BCUT2D eigenvalue weighted by Gasteiger charge is -2.08. The van der Waals surface area contributed by atoms with Gasteiger partial charge in [-0.15, -0.1) is 0 Å². The van der Waals surface area contributed by atoms with Gasteiger partial charge in [-0.25, -0.2) is 0 Å². The van der Waals surface area contributed by atoms with Crippen LogP contribution in [0.1, 0.15) is 5.56 Å². The van der Waals surface area contributed by atoms with E-state index in [4.69, 9.17) is 11.6 Å². The Morgan fingerprint density at radius 2 is 1.85 bits per heavy atom. The molecule has 0 aromatic heterocycles. The number of benzene rings is 1. The van der Waals surface area contributed by atoms with Crippen molar-refractivity contribution in [3.05, 3.63) is 34.9 Å². The van der Waals surface area contributed by atoms with Gasteiger partial charge in [-0.2, -0.15) is 13.8 Å². The van der Waals surface area contributed by atoms with E-state index < -0.39 is 6.05 Å². The van der Waals surface area contributed by atoms with E-state index in [1.165, 1.54) is 24.3 Å². The van der Waals surface area contributed by atoms with E-state index >= 15 is 0 Å². The third kappa shape index (κ3) is 2.56. The van der Waals surface area contributed by atoms with Gasteiger partial charge in [0.2, 0.25) is 0 Å². The van der Waals surface area contributed by atoms with Crippen LogP contribution < -0.4 is 0 Å². The number of hydrogen-bond acceptors (Lipinski definition) is 2. The maximum Gasteiger partial charge on any atom is 0.377 e. The normalized spacial score (nSPS) is 10.7. The van der Waals surface area contributed by atoms with Crippen molar-refractivity contribution in [1.82, 2.24) is 0 Å². The van der Waals surface area contributed by atoms with Crippen molar-refractivity contribution in [3.63, 3.8) is 0 Å². The number of isothiocyanates is 1. The van der Waals surface area contributed by atoms with E-state index in [0.29, 0.717) is 5.02 Å². The summed E-state index contributed by atoms with van der Waals surface area (Å²) < 4.78 is 25.9. The van der Waals surface area contributed by atoms with Gasteiger partial charge in [0.15, 0.2) is 0 Å². The summed E-state index contributed by atoms with van der Waals surface area (Å²) in [4.78, 5) is 2.74. The van der Waals surface area contributed by atoms with Gasteiger partial charge < -0.3 is 0 Å². The SMILES string of the molecule is FC(F)(N=C=S)c1ccc(Cl)cc1. The maximum absolute atomic E-state index is 12.9. The summed E-state index contributed by atoms with van der Waals surface area (Å²) in [5, 5.41) is 2.04. The zero-order valence-corrected chi connectivity index (χ0v) is 7.87. The molecular weight excluding hydrogens is 216 g/mol. The lowest BCUT2D eigenvalue weighted by atomic mass is 10.2. The highest BCUT2D eigenvalue weighted by atomic mass is 35.5. The second-order valence-corrected chi connectivity index (χ2v) is 2.87. The van der Waals surface area contributed by atoms with Crippen molar-refractivity contribution in [2.24, 2.45) is 4.99 Å². The van der Waals surface area contributed by atoms with E-state index in [9.17, 15) is 8.78 Å². The Hall–Kier alpha value is -0.830. The Bertz CT molecular complexity index is 344. The van der Waals surface area contributed by atoms with Gasteiger partial charge in [0.1, 0.15) is 0 Å². The van der Waals surface area contributed by atoms with Crippen molar-refractivity contribution in [2.75, 3.05) is 0 Å². The molecule has 0 amide bonds. The van der Waals surface area contributed by atoms with Crippen molar-refractivity contribution in [1.29, 1.82) is 0 Å². The van der Waals surface area contributed by atoms with E-state index in [2.05, 4.69) is 17.2 Å². The van der Waals surface area contributed by atoms with Crippen LogP contribution >= 0.6 is 23.8 Å². The van der Waals surface area contributed by atoms with Gasteiger partial charge in [-0.05, 0) is 36.5 Å². The Morgan fingerprint density at radius 3 is 2.31 bits per heavy atom. The molecule has 1 nitrogen and oxygen atoms in total. The van der Waals surface area contributed by atoms with E-state index in [1.807, 2.05) is 0 Å². The smallest absolute Gasteiger partial charge is 0.175 e. The van der Waals surface area contributed by atoms with Gasteiger partial charge in [-0.1, -0.05) is 11.6 Å². The van der Waals surface area contributed by atoms with Crippen LogP contribution in [0, 0.1) is 0 Å². The van der Waals surface area contributed by atoms with Crippen molar-refractivity contribution in [3.8, 4) is 0 Å². The fraction of sp³-hybridized carbons (Fsp3) is 0.125. The van der Waals surface area contributed by atoms with Crippen molar-refractivity contribution < 1.29 is 8.78 Å². The van der Waals surface area contributed by atoms with Crippen molar-refractivity contribution in [2.45, 2.75) is 6.05 Å². The van der Waals surface area contributed by atoms with E-state index in [1.54, 1.807) is 5.16 Å². The van der Waals surface area contributed by atoms with Gasteiger partial charge in [0.25, 0.3) is 0 Å². The summed E-state index contributed by atoms with van der Waals surface area (Å²) in [6.07, 6.45) is 0. The Morgan fingerprint density at radius 1 is 1.31 bits per heavy atom.